The van der Waals surface area contributed by atoms with Crippen molar-refractivity contribution in [2.75, 3.05) is 11.1 Å². The summed E-state index contributed by atoms with van der Waals surface area (Å²) in [5.74, 6) is -0.632. The highest BCUT2D eigenvalue weighted by Crippen LogP contribution is 2.22. The number of carbonyl (C=O) groups is 2. The molecular weight excluding hydrogens is 397 g/mol. The van der Waals surface area contributed by atoms with Crippen LogP contribution >= 0.6 is 0 Å². The van der Waals surface area contributed by atoms with Crippen LogP contribution in [0.2, 0.25) is 0 Å². The number of nitrogens with two attached hydrogens (primary N) is 1. The van der Waals surface area contributed by atoms with Crippen molar-refractivity contribution >= 4 is 23.4 Å². The Labute approximate surface area is 180 Å². The Balaban J connectivity index is 1.59. The molecule has 0 bridgehead atoms. The molecule has 4 N–H and O–H groups in total. The van der Waals surface area contributed by atoms with Gasteiger partial charge in [0.15, 0.2) is 0 Å². The van der Waals surface area contributed by atoms with E-state index in [1.807, 2.05) is 13.8 Å². The van der Waals surface area contributed by atoms with Crippen LogP contribution < -0.4 is 16.4 Å². The lowest BCUT2D eigenvalue weighted by atomic mass is 9.93. The first-order valence-electron chi connectivity index (χ1n) is 9.70. The molecule has 6 nitrogen and oxygen atoms in total. The number of ether oxygens (including phenoxy) is 1. The molecule has 0 aliphatic carbocycles. The molecule has 0 aromatic heterocycles. The second kappa shape index (κ2) is 9.30. The van der Waals surface area contributed by atoms with Gasteiger partial charge in [0.2, 0.25) is 0 Å². The number of benzene rings is 3. The zero-order chi connectivity index (χ0) is 22.4. The van der Waals surface area contributed by atoms with Crippen LogP contribution in [0.25, 0.3) is 0 Å². The standard InChI is InChI=1S/C24H24FN3O3/c1-24(2,28-23(30)31-15-16-7-13-19(25)14-8-16)18-11-9-17(10-12-18)22(29)27-21-6-4-3-5-20(21)26/h3-14H,15,26H2,1-2H3,(H,27,29)(H,28,30). The third-order valence-corrected chi connectivity index (χ3v) is 4.78. The van der Waals surface area contributed by atoms with Crippen LogP contribution in [-0.2, 0) is 16.9 Å². The van der Waals surface area contributed by atoms with Crippen LogP contribution in [0.5, 0.6) is 0 Å². The fourth-order valence-electron chi connectivity index (χ4n) is 2.94. The van der Waals surface area contributed by atoms with Gasteiger partial charge in [-0.1, -0.05) is 36.4 Å². The van der Waals surface area contributed by atoms with Crippen LogP contribution in [0.4, 0.5) is 20.6 Å². The zero-order valence-corrected chi connectivity index (χ0v) is 17.3. The predicted molar refractivity (Wildman–Crippen MR) is 118 cm³/mol. The van der Waals surface area contributed by atoms with E-state index in [0.29, 0.717) is 22.5 Å². The van der Waals surface area contributed by atoms with E-state index in [1.54, 1.807) is 60.7 Å². The fourth-order valence-corrected chi connectivity index (χ4v) is 2.94. The van der Waals surface area contributed by atoms with E-state index < -0.39 is 11.6 Å². The predicted octanol–water partition coefficient (Wildman–Crippen LogP) is 4.82. The van der Waals surface area contributed by atoms with Gasteiger partial charge in [0.1, 0.15) is 12.4 Å². The highest BCUT2D eigenvalue weighted by atomic mass is 19.1. The number of para-hydroxylation sites is 2. The van der Waals surface area contributed by atoms with E-state index in [4.69, 9.17) is 10.5 Å². The minimum Gasteiger partial charge on any atom is -0.445 e. The number of anilines is 2. The average molecular weight is 421 g/mol. The Hall–Kier alpha value is -3.87. The Morgan fingerprint density at radius 3 is 2.26 bits per heavy atom. The second-order valence-electron chi connectivity index (χ2n) is 7.57. The summed E-state index contributed by atoms with van der Waals surface area (Å²) in [4.78, 5) is 24.7. The van der Waals surface area contributed by atoms with Gasteiger partial charge in [0.25, 0.3) is 5.91 Å². The van der Waals surface area contributed by atoms with Gasteiger partial charge in [-0.15, -0.1) is 0 Å². The molecule has 7 heteroatoms. The maximum Gasteiger partial charge on any atom is 0.408 e. The lowest BCUT2D eigenvalue weighted by molar-refractivity contribution is 0.102. The number of carbonyl (C=O) groups excluding carboxylic acids is 2. The lowest BCUT2D eigenvalue weighted by Crippen LogP contribution is -2.41. The molecule has 0 atom stereocenters. The fraction of sp³-hybridized carbons (Fsp3) is 0.167. The Bertz CT molecular complexity index is 1060. The van der Waals surface area contributed by atoms with Crippen molar-refractivity contribution in [2.24, 2.45) is 0 Å². The molecular formula is C24H24FN3O3. The number of halogens is 1. The zero-order valence-electron chi connectivity index (χ0n) is 17.3. The van der Waals surface area contributed by atoms with Gasteiger partial charge >= 0.3 is 6.09 Å². The highest BCUT2D eigenvalue weighted by molar-refractivity contribution is 6.05. The molecule has 0 aliphatic heterocycles. The number of alkyl carbamates (subject to hydrolysis) is 1. The first-order chi connectivity index (χ1) is 14.7. The summed E-state index contributed by atoms with van der Waals surface area (Å²) in [5, 5.41) is 5.57. The van der Waals surface area contributed by atoms with Crippen molar-refractivity contribution in [1.82, 2.24) is 5.32 Å². The monoisotopic (exact) mass is 421 g/mol. The Kier molecular flexibility index (Phi) is 6.55. The summed E-state index contributed by atoms with van der Waals surface area (Å²) >= 11 is 0. The number of nitrogens with one attached hydrogen (secondary N) is 2. The van der Waals surface area contributed by atoms with Gasteiger partial charge in [-0.05, 0) is 61.4 Å². The molecule has 0 unspecified atom stereocenters. The second-order valence-corrected chi connectivity index (χ2v) is 7.57. The summed E-state index contributed by atoms with van der Waals surface area (Å²) in [6.45, 7) is 3.68. The normalized spacial score (nSPS) is 10.9. The first kappa shape index (κ1) is 21.8. The number of nitrogen functional groups attached to an aromatic ring is 1. The molecule has 0 aliphatic rings. The van der Waals surface area contributed by atoms with Crippen molar-refractivity contribution in [2.45, 2.75) is 26.0 Å². The summed E-state index contributed by atoms with van der Waals surface area (Å²) in [6.07, 6.45) is -0.601. The van der Waals surface area contributed by atoms with E-state index in [0.717, 1.165) is 5.56 Å². The van der Waals surface area contributed by atoms with Crippen LogP contribution in [0.15, 0.2) is 72.8 Å². The highest BCUT2D eigenvalue weighted by Gasteiger charge is 2.24. The van der Waals surface area contributed by atoms with Crippen molar-refractivity contribution in [3.8, 4) is 0 Å². The van der Waals surface area contributed by atoms with Crippen LogP contribution in [0, 0.1) is 5.82 Å². The lowest BCUT2D eigenvalue weighted by Gasteiger charge is -2.26. The van der Waals surface area contributed by atoms with E-state index in [1.165, 1.54) is 12.1 Å². The molecule has 31 heavy (non-hydrogen) atoms. The number of hydrogen-bond donors (Lipinski definition) is 3. The molecule has 0 fully saturated rings. The molecule has 3 aromatic carbocycles. The molecule has 3 rings (SSSR count). The summed E-state index contributed by atoms with van der Waals surface area (Å²) < 4.78 is 18.2. The third kappa shape index (κ3) is 5.82. The SMILES string of the molecule is CC(C)(NC(=O)OCc1ccc(F)cc1)c1ccc(C(=O)Nc2ccccc2N)cc1. The number of amides is 2. The van der Waals surface area contributed by atoms with Crippen LogP contribution in [-0.4, -0.2) is 12.0 Å². The molecule has 0 radical (unpaired) electrons. The van der Waals surface area contributed by atoms with Crippen molar-refractivity contribution < 1.29 is 18.7 Å². The van der Waals surface area contributed by atoms with Gasteiger partial charge in [0, 0.05) is 5.56 Å². The topological polar surface area (TPSA) is 93.4 Å². The summed E-state index contributed by atoms with van der Waals surface area (Å²) in [6, 6.07) is 19.6. The van der Waals surface area contributed by atoms with Gasteiger partial charge in [-0.3, -0.25) is 4.79 Å². The number of hydrogen-bond acceptors (Lipinski definition) is 4. The quantitative estimate of drug-likeness (QED) is 0.498. The van der Waals surface area contributed by atoms with Gasteiger partial charge < -0.3 is 21.1 Å². The summed E-state index contributed by atoms with van der Waals surface area (Å²) in [5.41, 5.74) is 8.09. The van der Waals surface area contributed by atoms with Gasteiger partial charge in [-0.2, -0.15) is 0 Å². The van der Waals surface area contributed by atoms with E-state index in [9.17, 15) is 14.0 Å². The largest absolute Gasteiger partial charge is 0.445 e. The first-order valence-corrected chi connectivity index (χ1v) is 9.70. The third-order valence-electron chi connectivity index (χ3n) is 4.78. The Morgan fingerprint density at radius 2 is 1.61 bits per heavy atom. The van der Waals surface area contributed by atoms with E-state index in [-0.39, 0.29) is 18.3 Å². The maximum atomic E-state index is 13.0. The Morgan fingerprint density at radius 1 is 0.968 bits per heavy atom. The number of rotatable bonds is 6. The average Bonchev–Trinajstić information content (AvgIpc) is 2.75. The molecule has 2 amide bonds. The van der Waals surface area contributed by atoms with Gasteiger partial charge in [0.05, 0.1) is 16.9 Å². The summed E-state index contributed by atoms with van der Waals surface area (Å²) in [7, 11) is 0. The molecule has 3 aromatic rings. The van der Waals surface area contributed by atoms with Crippen molar-refractivity contribution in [1.29, 1.82) is 0 Å². The minimum atomic E-state index is -0.737. The molecule has 160 valence electrons. The van der Waals surface area contributed by atoms with E-state index >= 15 is 0 Å². The smallest absolute Gasteiger partial charge is 0.408 e. The van der Waals surface area contributed by atoms with Crippen LogP contribution in [0.3, 0.4) is 0 Å². The molecule has 0 heterocycles. The van der Waals surface area contributed by atoms with E-state index in [2.05, 4.69) is 10.6 Å². The maximum absolute atomic E-state index is 13.0. The molecule has 0 saturated heterocycles. The van der Waals surface area contributed by atoms with Crippen molar-refractivity contribution in [3.63, 3.8) is 0 Å². The van der Waals surface area contributed by atoms with Crippen molar-refractivity contribution in [3.05, 3.63) is 95.3 Å². The molecule has 0 saturated carbocycles. The van der Waals surface area contributed by atoms with Crippen LogP contribution in [0.1, 0.15) is 35.3 Å². The minimum absolute atomic E-state index is 0.0317. The molecule has 0 spiro atoms. The van der Waals surface area contributed by atoms with Gasteiger partial charge in [-0.25, -0.2) is 9.18 Å².